The molecule has 30 valence electrons. The molecule has 0 aromatic carbocycles. The van der Waals surface area contributed by atoms with E-state index in [2.05, 4.69) is 0 Å². The quantitative estimate of drug-likeness (QED) is 0.296. The predicted octanol–water partition coefficient (Wildman–Crippen LogP) is -6.76. The molecule has 0 unspecified atom stereocenters. The fourth-order valence-electron chi connectivity index (χ4n) is 0. The minimum Gasteiger partial charge on any atom is -1.00 e. The van der Waals surface area contributed by atoms with E-state index in [1.54, 1.807) is 0 Å². The Morgan fingerprint density at radius 2 is 1.00 bits per heavy atom. The van der Waals surface area contributed by atoms with E-state index in [9.17, 15) is 0 Å². The fourth-order valence-corrected chi connectivity index (χ4v) is 0. The molecule has 0 aliphatic carbocycles. The molecule has 0 saturated heterocycles. The van der Waals surface area contributed by atoms with Gasteiger partial charge in [0, 0.05) is 7.11 Å². The van der Waals surface area contributed by atoms with Crippen LogP contribution in [0.3, 0.4) is 0 Å². The van der Waals surface area contributed by atoms with Gasteiger partial charge in [-0.2, -0.15) is 0 Å². The normalized spacial score (nSPS) is 1.20. The Hall–Kier alpha value is 0.586. The van der Waals surface area contributed by atoms with Gasteiger partial charge >= 0.3 is 23.1 Å². The average molecular weight is 94.3 g/mol. The molecule has 0 aliphatic rings. The molecule has 0 amide bonds. The molecular formula is CH4F2MgO. The van der Waals surface area contributed by atoms with E-state index in [0.29, 0.717) is 0 Å². The molecule has 5 heavy (non-hydrogen) atoms. The van der Waals surface area contributed by atoms with Crippen LogP contribution in [-0.2, 0) is 0 Å². The van der Waals surface area contributed by atoms with Crippen LogP contribution in [0.5, 0.6) is 0 Å². The average Bonchev–Trinajstić information content (AvgIpc) is 1.00. The molecule has 0 rings (SSSR count). The molecular weight excluding hydrogens is 90.3 g/mol. The summed E-state index contributed by atoms with van der Waals surface area (Å²) in [5, 5.41) is 7.00. The zero-order valence-corrected chi connectivity index (χ0v) is 4.32. The van der Waals surface area contributed by atoms with E-state index in [1.165, 1.54) is 0 Å². The van der Waals surface area contributed by atoms with Crippen LogP contribution in [0.2, 0.25) is 0 Å². The first-order chi connectivity index (χ1) is 1.00. The van der Waals surface area contributed by atoms with Gasteiger partial charge in [0.05, 0.1) is 0 Å². The number of hydrogen-bond acceptors (Lipinski definition) is 1. The van der Waals surface area contributed by atoms with Gasteiger partial charge in [0.25, 0.3) is 0 Å². The standard InChI is InChI=1S/CH4O.2FH.Mg/c1-2;;;/h2H,1H3;2*1H;/q;;;+2/p-2. The van der Waals surface area contributed by atoms with E-state index in [1.807, 2.05) is 0 Å². The van der Waals surface area contributed by atoms with Gasteiger partial charge in [-0.1, -0.05) is 0 Å². The Balaban J connectivity index is -0.00000000167. The molecule has 0 bridgehead atoms. The maximum atomic E-state index is 7.00. The van der Waals surface area contributed by atoms with E-state index < -0.39 is 0 Å². The summed E-state index contributed by atoms with van der Waals surface area (Å²) in [6.45, 7) is 0. The molecule has 0 spiro atoms. The van der Waals surface area contributed by atoms with Crippen molar-refractivity contribution in [3.8, 4) is 0 Å². The van der Waals surface area contributed by atoms with Crippen LogP contribution in [0.4, 0.5) is 0 Å². The van der Waals surface area contributed by atoms with Crippen molar-refractivity contribution < 1.29 is 14.5 Å². The predicted molar refractivity (Wildman–Crippen MR) is 13.9 cm³/mol. The molecule has 0 atom stereocenters. The third-order valence-electron chi connectivity index (χ3n) is 0. The first-order valence-corrected chi connectivity index (χ1v) is 0.447. The monoisotopic (exact) mass is 94.0 g/mol. The van der Waals surface area contributed by atoms with Crippen molar-refractivity contribution in [1.82, 2.24) is 0 Å². The van der Waals surface area contributed by atoms with Crippen LogP contribution in [0, 0.1) is 0 Å². The van der Waals surface area contributed by atoms with Crippen molar-refractivity contribution in [2.45, 2.75) is 0 Å². The molecule has 4 heteroatoms. The van der Waals surface area contributed by atoms with E-state index >= 15 is 0 Å². The molecule has 1 nitrogen and oxygen atoms in total. The second-order valence-electron chi connectivity index (χ2n) is 0. The van der Waals surface area contributed by atoms with Crippen LogP contribution in [0.1, 0.15) is 0 Å². The van der Waals surface area contributed by atoms with Gasteiger partial charge in [-0.3, -0.25) is 0 Å². The van der Waals surface area contributed by atoms with Crippen molar-refractivity contribution in [2.24, 2.45) is 0 Å². The second kappa shape index (κ2) is 172. The Morgan fingerprint density at radius 3 is 1.00 bits per heavy atom. The Morgan fingerprint density at radius 1 is 1.00 bits per heavy atom. The summed E-state index contributed by atoms with van der Waals surface area (Å²) in [5.74, 6) is 0. The van der Waals surface area contributed by atoms with Crippen molar-refractivity contribution in [3.05, 3.63) is 0 Å². The summed E-state index contributed by atoms with van der Waals surface area (Å²) in [4.78, 5) is 0. The van der Waals surface area contributed by atoms with Crippen LogP contribution in [-0.4, -0.2) is 35.3 Å². The number of aliphatic hydroxyl groups excluding tert-OH is 1. The van der Waals surface area contributed by atoms with Crippen molar-refractivity contribution in [2.75, 3.05) is 7.11 Å². The SMILES string of the molecule is CO.[F-].[F-].[Mg+2]. The Labute approximate surface area is 45.3 Å². The van der Waals surface area contributed by atoms with Gasteiger partial charge < -0.3 is 14.5 Å². The molecule has 1 N–H and O–H groups in total. The summed E-state index contributed by atoms with van der Waals surface area (Å²) in [6.07, 6.45) is 0. The van der Waals surface area contributed by atoms with Crippen molar-refractivity contribution in [3.63, 3.8) is 0 Å². The zero-order valence-electron chi connectivity index (χ0n) is 2.91. The Kier molecular flexibility index (Phi) is 1600. The van der Waals surface area contributed by atoms with Gasteiger partial charge in [0.1, 0.15) is 0 Å². The summed E-state index contributed by atoms with van der Waals surface area (Å²) >= 11 is 0. The molecule has 0 fully saturated rings. The molecule has 0 radical (unpaired) electrons. The van der Waals surface area contributed by atoms with Gasteiger partial charge in [-0.05, 0) is 0 Å². The maximum absolute atomic E-state index is 7.00. The topological polar surface area (TPSA) is 20.2 Å². The van der Waals surface area contributed by atoms with E-state index in [-0.39, 0.29) is 32.5 Å². The summed E-state index contributed by atoms with van der Waals surface area (Å²) in [7, 11) is 1.00. The molecule has 0 aromatic rings. The van der Waals surface area contributed by atoms with E-state index in [4.69, 9.17) is 5.11 Å². The van der Waals surface area contributed by atoms with Gasteiger partial charge in [-0.15, -0.1) is 0 Å². The van der Waals surface area contributed by atoms with Crippen LogP contribution < -0.4 is 9.41 Å². The number of aliphatic hydroxyl groups is 1. The fraction of sp³-hybridized carbons (Fsp3) is 1.00. The smallest absolute Gasteiger partial charge is 1.00 e. The summed E-state index contributed by atoms with van der Waals surface area (Å²) in [6, 6.07) is 0. The third kappa shape index (κ3) is 89.3. The van der Waals surface area contributed by atoms with Gasteiger partial charge in [0.2, 0.25) is 0 Å². The number of halogens is 2. The zero-order chi connectivity index (χ0) is 2.00. The summed E-state index contributed by atoms with van der Waals surface area (Å²) < 4.78 is 0. The minimum atomic E-state index is 0. The second-order valence-corrected chi connectivity index (χ2v) is 0. The first-order valence-electron chi connectivity index (χ1n) is 0.447. The van der Waals surface area contributed by atoms with Gasteiger partial charge in [0.15, 0.2) is 0 Å². The van der Waals surface area contributed by atoms with Crippen LogP contribution >= 0.6 is 0 Å². The molecule has 0 aliphatic heterocycles. The minimum absolute atomic E-state index is 0. The maximum Gasteiger partial charge on any atom is 2.00 e. The molecule has 0 heterocycles. The van der Waals surface area contributed by atoms with Crippen molar-refractivity contribution in [1.29, 1.82) is 0 Å². The first kappa shape index (κ1) is 46.7. The van der Waals surface area contributed by atoms with Gasteiger partial charge in [-0.25, -0.2) is 0 Å². The largest absolute Gasteiger partial charge is 2.00 e. The third-order valence-corrected chi connectivity index (χ3v) is 0. The van der Waals surface area contributed by atoms with E-state index in [0.717, 1.165) is 7.11 Å². The number of hydrogen-bond donors (Lipinski definition) is 1. The Bertz CT molecular complexity index is 9.61. The van der Waals surface area contributed by atoms with Crippen molar-refractivity contribution >= 4 is 23.1 Å². The summed E-state index contributed by atoms with van der Waals surface area (Å²) in [5.41, 5.74) is 0. The van der Waals surface area contributed by atoms with Crippen LogP contribution in [0.25, 0.3) is 0 Å². The van der Waals surface area contributed by atoms with Crippen LogP contribution in [0.15, 0.2) is 0 Å². The molecule has 0 saturated carbocycles. The molecule has 0 aromatic heterocycles. The number of rotatable bonds is 0.